The van der Waals surface area contributed by atoms with Crippen LogP contribution in [-0.2, 0) is 5.41 Å². The third-order valence-electron chi connectivity index (χ3n) is 15.5. The van der Waals surface area contributed by atoms with Gasteiger partial charge in [0.25, 0.3) is 0 Å². The summed E-state index contributed by atoms with van der Waals surface area (Å²) in [5, 5.41) is 1.03. The fourth-order valence-corrected chi connectivity index (χ4v) is 13.1. The molecule has 4 heteroatoms. The van der Waals surface area contributed by atoms with E-state index < -0.39 is 0 Å². The van der Waals surface area contributed by atoms with E-state index in [1.54, 1.807) is 0 Å². The van der Waals surface area contributed by atoms with E-state index >= 15 is 0 Å². The Morgan fingerprint density at radius 2 is 0.984 bits per heavy atom. The van der Waals surface area contributed by atoms with E-state index in [4.69, 9.17) is 19.4 Å². The molecule has 0 atom stereocenters. The molecule has 4 bridgehead atoms. The van der Waals surface area contributed by atoms with Gasteiger partial charge in [0, 0.05) is 27.5 Å². The average Bonchev–Trinajstić information content (AvgIpc) is 3.65. The van der Waals surface area contributed by atoms with Crippen molar-refractivity contribution in [3.8, 4) is 90.2 Å². The van der Waals surface area contributed by atoms with E-state index in [0.29, 0.717) is 17.7 Å². The molecule has 4 nitrogen and oxygen atoms in total. The van der Waals surface area contributed by atoms with Crippen molar-refractivity contribution in [2.24, 2.45) is 23.7 Å². The fourth-order valence-electron chi connectivity index (χ4n) is 13.1. The Hall–Kier alpha value is -7.30. The Kier molecular flexibility index (Phi) is 7.84. The highest BCUT2D eigenvalue weighted by molar-refractivity contribution is 6.00. The van der Waals surface area contributed by atoms with Crippen LogP contribution in [0.3, 0.4) is 0 Å². The largest absolute Gasteiger partial charge is 0.450 e. The number of ether oxygens (including phenoxy) is 2. The molecule has 0 radical (unpaired) electrons. The van der Waals surface area contributed by atoms with Crippen LogP contribution in [0.25, 0.3) is 78.1 Å². The third kappa shape index (κ3) is 5.35. The first-order valence-corrected chi connectivity index (χ1v) is 23.1. The van der Waals surface area contributed by atoms with Gasteiger partial charge in [-0.05, 0) is 142 Å². The maximum Gasteiger partial charge on any atom is 0.174 e. The molecule has 0 N–H and O–H groups in total. The van der Waals surface area contributed by atoms with Crippen LogP contribution in [0.15, 0.2) is 182 Å². The summed E-state index contributed by atoms with van der Waals surface area (Å²) < 4.78 is 13.6. The molecule has 15 rings (SSSR count). The van der Waals surface area contributed by atoms with Gasteiger partial charge in [-0.25, -0.2) is 9.97 Å². The Labute approximate surface area is 373 Å². The molecule has 0 saturated heterocycles. The van der Waals surface area contributed by atoms with Crippen LogP contribution >= 0.6 is 0 Å². The number of para-hydroxylation sites is 2. The molecule has 6 aliphatic rings. The van der Waals surface area contributed by atoms with Gasteiger partial charge in [-0.1, -0.05) is 146 Å². The second kappa shape index (κ2) is 13.8. The van der Waals surface area contributed by atoms with Crippen LogP contribution in [0.5, 0.6) is 23.0 Å². The Morgan fingerprint density at radius 1 is 0.406 bits per heavy atom. The van der Waals surface area contributed by atoms with E-state index in [2.05, 4.69) is 158 Å². The summed E-state index contributed by atoms with van der Waals surface area (Å²) in [6, 6.07) is 65.2. The number of fused-ring (bicyclic) bond motifs is 7. The van der Waals surface area contributed by atoms with Crippen LogP contribution in [0.1, 0.15) is 43.2 Å². The topological polar surface area (TPSA) is 44.2 Å². The van der Waals surface area contributed by atoms with E-state index in [1.807, 2.05) is 24.3 Å². The van der Waals surface area contributed by atoms with Gasteiger partial charge in [0.2, 0.25) is 0 Å². The molecular formula is C60H44N2O2. The van der Waals surface area contributed by atoms with Gasteiger partial charge >= 0.3 is 0 Å². The first-order chi connectivity index (χ1) is 31.7. The molecule has 0 unspecified atom stereocenters. The molecular weight excluding hydrogens is 781 g/mol. The number of aromatic nitrogens is 2. The lowest BCUT2D eigenvalue weighted by Crippen LogP contribution is -2.55. The van der Waals surface area contributed by atoms with E-state index in [0.717, 1.165) is 79.2 Å². The van der Waals surface area contributed by atoms with Crippen LogP contribution in [0.4, 0.5) is 0 Å². The predicted molar refractivity (Wildman–Crippen MR) is 257 cm³/mol. The molecule has 1 aromatic heterocycles. The summed E-state index contributed by atoms with van der Waals surface area (Å²) >= 11 is 0. The molecule has 1 aliphatic heterocycles. The number of hydrogen-bond acceptors (Lipinski definition) is 4. The van der Waals surface area contributed by atoms with E-state index in [-0.39, 0.29) is 5.41 Å². The summed E-state index contributed by atoms with van der Waals surface area (Å²) in [5.74, 6) is 6.85. The lowest BCUT2D eigenvalue weighted by molar-refractivity contribution is -0.0406. The van der Waals surface area contributed by atoms with Crippen molar-refractivity contribution in [2.45, 2.75) is 37.5 Å². The van der Waals surface area contributed by atoms with Gasteiger partial charge in [0.05, 0.1) is 11.2 Å². The summed E-state index contributed by atoms with van der Waals surface area (Å²) in [6.07, 6.45) is 6.54. The molecule has 8 aromatic carbocycles. The van der Waals surface area contributed by atoms with E-state index in [1.165, 1.54) is 71.0 Å². The van der Waals surface area contributed by atoms with Crippen molar-refractivity contribution in [3.05, 3.63) is 193 Å². The lowest BCUT2D eigenvalue weighted by atomic mass is 9.43. The monoisotopic (exact) mass is 824 g/mol. The molecule has 4 saturated carbocycles. The number of hydrogen-bond donors (Lipinski definition) is 0. The minimum Gasteiger partial charge on any atom is -0.450 e. The van der Waals surface area contributed by atoms with Gasteiger partial charge in [-0.15, -0.1) is 0 Å². The third-order valence-corrected chi connectivity index (χ3v) is 15.5. The first-order valence-electron chi connectivity index (χ1n) is 23.1. The number of nitrogens with zero attached hydrogens (tertiary/aromatic N) is 2. The minimum absolute atomic E-state index is 0.124. The van der Waals surface area contributed by atoms with Crippen LogP contribution < -0.4 is 9.47 Å². The lowest BCUT2D eigenvalue weighted by Gasteiger charge is -2.61. The highest BCUT2D eigenvalue weighted by Gasteiger charge is 2.63. The normalized spacial score (nSPS) is 21.8. The van der Waals surface area contributed by atoms with Crippen molar-refractivity contribution in [2.75, 3.05) is 0 Å². The van der Waals surface area contributed by atoms with Crippen LogP contribution in [-0.4, -0.2) is 9.97 Å². The quantitative estimate of drug-likeness (QED) is 0.173. The fraction of sp³-hybridized carbons (Fsp3) is 0.167. The molecule has 4 fully saturated rings. The zero-order chi connectivity index (χ0) is 41.9. The summed E-state index contributed by atoms with van der Waals surface area (Å²) in [6.45, 7) is 0. The van der Waals surface area contributed by atoms with E-state index in [9.17, 15) is 0 Å². The zero-order valence-corrected chi connectivity index (χ0v) is 35.4. The molecule has 64 heavy (non-hydrogen) atoms. The zero-order valence-electron chi connectivity index (χ0n) is 35.4. The van der Waals surface area contributed by atoms with Gasteiger partial charge in [-0.2, -0.15) is 0 Å². The molecule has 0 amide bonds. The van der Waals surface area contributed by atoms with Gasteiger partial charge in [-0.3, -0.25) is 0 Å². The van der Waals surface area contributed by atoms with Crippen molar-refractivity contribution in [1.82, 2.24) is 9.97 Å². The Balaban J connectivity index is 0.939. The van der Waals surface area contributed by atoms with Crippen molar-refractivity contribution < 1.29 is 9.47 Å². The SMILES string of the molecule is c1ccc(-c2ccc(-c3nc(-c4ccccc4-c4ccccc4)c4ccc(-c5ccc6c(c5)C5(c7c-6ccc6c7Oc7ccccc7O6)C6CC7CC(C6)CC5C7)cc4n3)cc2)cc1. The molecule has 1 spiro atoms. The first kappa shape index (κ1) is 36.2. The highest BCUT2D eigenvalue weighted by atomic mass is 16.6. The minimum atomic E-state index is -0.124. The van der Waals surface area contributed by atoms with Crippen LogP contribution in [0, 0.1) is 23.7 Å². The summed E-state index contributed by atoms with van der Waals surface area (Å²) in [7, 11) is 0. The highest BCUT2D eigenvalue weighted by Crippen LogP contribution is 2.72. The molecule has 306 valence electrons. The molecule has 2 heterocycles. The predicted octanol–water partition coefficient (Wildman–Crippen LogP) is 15.6. The summed E-state index contributed by atoms with van der Waals surface area (Å²) in [4.78, 5) is 10.8. The van der Waals surface area contributed by atoms with Crippen molar-refractivity contribution in [1.29, 1.82) is 0 Å². The van der Waals surface area contributed by atoms with Crippen LogP contribution in [0.2, 0.25) is 0 Å². The second-order valence-corrected chi connectivity index (χ2v) is 18.9. The summed E-state index contributed by atoms with van der Waals surface area (Å²) in [5.41, 5.74) is 16.4. The van der Waals surface area contributed by atoms with Gasteiger partial charge < -0.3 is 9.47 Å². The number of benzene rings is 8. The maximum absolute atomic E-state index is 6.97. The number of rotatable bonds is 5. The van der Waals surface area contributed by atoms with Crippen molar-refractivity contribution >= 4 is 10.9 Å². The van der Waals surface area contributed by atoms with Gasteiger partial charge in [0.15, 0.2) is 28.8 Å². The maximum atomic E-state index is 6.97. The smallest absolute Gasteiger partial charge is 0.174 e. The molecule has 5 aliphatic carbocycles. The Bertz CT molecular complexity index is 3310. The second-order valence-electron chi connectivity index (χ2n) is 18.9. The van der Waals surface area contributed by atoms with Crippen molar-refractivity contribution in [3.63, 3.8) is 0 Å². The average molecular weight is 825 g/mol. The standard InChI is InChI=1S/C60H44N2O2/c1-3-11-38(12-4-1)39-19-21-41(22-20-39)59-61-52-35-43(24-26-50(52)57(62-59)49-16-8-7-15-46(49)40-13-5-2-6-14-40)42-23-25-47-48-27-28-55-58(64-54-18-10-9-17-53(54)63-55)56(48)60(51(47)34-42)44-30-36-29-37(32-44)33-45(60)31-36/h1-28,34-37,44-45H,29-33H2. The molecule has 9 aromatic rings. The Morgan fingerprint density at radius 3 is 1.73 bits per heavy atom. The van der Waals surface area contributed by atoms with Gasteiger partial charge in [0.1, 0.15) is 0 Å².